The van der Waals surface area contributed by atoms with Crippen molar-refractivity contribution in [2.45, 2.75) is 6.92 Å². The Morgan fingerprint density at radius 2 is 2.22 bits per heavy atom. The van der Waals surface area contributed by atoms with Gasteiger partial charge in [0.25, 0.3) is 0 Å². The van der Waals surface area contributed by atoms with Gasteiger partial charge in [0.1, 0.15) is 6.73 Å². The maximum absolute atomic E-state index is 10.4. The van der Waals surface area contributed by atoms with E-state index in [1.165, 1.54) is 0 Å². The van der Waals surface area contributed by atoms with Crippen molar-refractivity contribution in [3.8, 4) is 0 Å². The van der Waals surface area contributed by atoms with E-state index in [1.807, 2.05) is 0 Å². The van der Waals surface area contributed by atoms with Crippen LogP contribution in [0.3, 0.4) is 0 Å². The fraction of sp³-hybridized carbons (Fsp3) is 0.400. The number of aliphatic hydroxyl groups is 1. The number of halogens is 1. The topological polar surface area (TPSA) is 49.3 Å². The lowest BCUT2D eigenvalue weighted by atomic mass is 10.3. The van der Waals surface area contributed by atoms with E-state index in [1.54, 1.807) is 6.92 Å². The fourth-order valence-corrected chi connectivity index (χ4v) is 0.223. The summed E-state index contributed by atoms with van der Waals surface area (Å²) in [5.41, 5.74) is 0.402. The van der Waals surface area contributed by atoms with Gasteiger partial charge in [0, 0.05) is 5.57 Å². The first kappa shape index (κ1) is 11.3. The Morgan fingerprint density at radius 1 is 1.78 bits per heavy atom. The van der Waals surface area contributed by atoms with Gasteiger partial charge < -0.3 is 10.4 Å². The molecular weight excluding hydrogens is 142 g/mol. The normalized spacial score (nSPS) is 7.33. The second kappa shape index (κ2) is 5.59. The molecule has 0 aromatic heterocycles. The predicted molar refractivity (Wildman–Crippen MR) is 37.3 cm³/mol. The molecule has 0 aliphatic rings. The number of hydrogen-bond donors (Lipinski definition) is 2. The molecule has 4 heteroatoms. The summed E-state index contributed by atoms with van der Waals surface area (Å²) in [6, 6.07) is 0. The summed E-state index contributed by atoms with van der Waals surface area (Å²) in [7, 11) is 0. The maximum atomic E-state index is 10.4. The van der Waals surface area contributed by atoms with Gasteiger partial charge in [-0.3, -0.25) is 4.79 Å². The van der Waals surface area contributed by atoms with Crippen LogP contribution in [0.2, 0.25) is 0 Å². The SMILES string of the molecule is C=C(C)C(=O)NCO.Cl. The molecule has 2 N–H and O–H groups in total. The molecule has 0 radical (unpaired) electrons. The Hall–Kier alpha value is -0.540. The highest BCUT2D eigenvalue weighted by Crippen LogP contribution is 1.82. The van der Waals surface area contributed by atoms with E-state index in [2.05, 4.69) is 11.9 Å². The fourth-order valence-electron chi connectivity index (χ4n) is 0.223. The van der Waals surface area contributed by atoms with E-state index in [0.717, 1.165) is 0 Å². The minimum atomic E-state index is -0.328. The third-order valence-electron chi connectivity index (χ3n) is 0.627. The minimum absolute atomic E-state index is 0. The lowest BCUT2D eigenvalue weighted by molar-refractivity contribution is -0.118. The zero-order chi connectivity index (χ0) is 6.57. The van der Waals surface area contributed by atoms with Crippen LogP contribution in [0.5, 0.6) is 0 Å². The second-order valence-electron chi connectivity index (χ2n) is 1.44. The molecule has 0 saturated heterocycles. The van der Waals surface area contributed by atoms with Gasteiger partial charge in [-0.05, 0) is 6.92 Å². The second-order valence-corrected chi connectivity index (χ2v) is 1.44. The molecule has 0 heterocycles. The minimum Gasteiger partial charge on any atom is -0.376 e. The van der Waals surface area contributed by atoms with E-state index in [9.17, 15) is 4.79 Å². The van der Waals surface area contributed by atoms with Gasteiger partial charge in [-0.15, -0.1) is 12.4 Å². The Bertz CT molecular complexity index is 114. The number of hydrogen-bond acceptors (Lipinski definition) is 2. The van der Waals surface area contributed by atoms with E-state index in [4.69, 9.17) is 5.11 Å². The van der Waals surface area contributed by atoms with Crippen LogP contribution in [0.4, 0.5) is 0 Å². The van der Waals surface area contributed by atoms with Crippen molar-refractivity contribution in [3.63, 3.8) is 0 Å². The molecule has 0 fully saturated rings. The van der Waals surface area contributed by atoms with E-state index >= 15 is 0 Å². The molecule has 0 aromatic carbocycles. The van der Waals surface area contributed by atoms with Crippen LogP contribution < -0.4 is 5.32 Å². The summed E-state index contributed by atoms with van der Waals surface area (Å²) in [4.78, 5) is 10.4. The first-order chi connectivity index (χ1) is 3.68. The zero-order valence-corrected chi connectivity index (χ0v) is 5.99. The van der Waals surface area contributed by atoms with Crippen molar-refractivity contribution in [1.29, 1.82) is 0 Å². The van der Waals surface area contributed by atoms with Crippen LogP contribution in [-0.2, 0) is 4.79 Å². The van der Waals surface area contributed by atoms with Crippen molar-refractivity contribution in [3.05, 3.63) is 12.2 Å². The van der Waals surface area contributed by atoms with Crippen LogP contribution in [0.15, 0.2) is 12.2 Å². The third-order valence-corrected chi connectivity index (χ3v) is 0.627. The average molecular weight is 152 g/mol. The molecule has 0 rings (SSSR count). The average Bonchev–Trinajstić information content (AvgIpc) is 1.67. The van der Waals surface area contributed by atoms with Crippen molar-refractivity contribution in [1.82, 2.24) is 5.32 Å². The van der Waals surface area contributed by atoms with E-state index < -0.39 is 0 Å². The highest BCUT2D eigenvalue weighted by molar-refractivity contribution is 5.91. The summed E-state index contributed by atoms with van der Waals surface area (Å²) < 4.78 is 0. The quantitative estimate of drug-likeness (QED) is 0.433. The monoisotopic (exact) mass is 151 g/mol. The Labute approximate surface area is 60.2 Å². The molecule has 0 unspecified atom stereocenters. The molecule has 0 bridgehead atoms. The zero-order valence-electron chi connectivity index (χ0n) is 5.18. The van der Waals surface area contributed by atoms with Crippen LogP contribution >= 0.6 is 12.4 Å². The molecule has 3 nitrogen and oxygen atoms in total. The Morgan fingerprint density at radius 3 is 2.33 bits per heavy atom. The van der Waals surface area contributed by atoms with E-state index in [-0.39, 0.29) is 25.0 Å². The first-order valence-corrected chi connectivity index (χ1v) is 2.23. The smallest absolute Gasteiger partial charge is 0.248 e. The van der Waals surface area contributed by atoms with Crippen LogP contribution in [0, 0.1) is 0 Å². The first-order valence-electron chi connectivity index (χ1n) is 2.23. The molecule has 1 amide bonds. The summed E-state index contributed by atoms with van der Waals surface area (Å²) >= 11 is 0. The van der Waals surface area contributed by atoms with Gasteiger partial charge in [-0.1, -0.05) is 6.58 Å². The molecule has 0 aromatic rings. The highest BCUT2D eigenvalue weighted by Gasteiger charge is 1.95. The van der Waals surface area contributed by atoms with Gasteiger partial charge in [0.05, 0.1) is 0 Å². The molecule has 0 spiro atoms. The van der Waals surface area contributed by atoms with Crippen molar-refractivity contribution >= 4 is 18.3 Å². The summed E-state index contributed by atoms with van der Waals surface area (Å²) in [5.74, 6) is -0.312. The molecule has 0 aliphatic carbocycles. The standard InChI is InChI=1S/C5H9NO2.ClH/c1-4(2)5(8)6-3-7;/h7H,1,3H2,2H3,(H,6,8);1H. The van der Waals surface area contributed by atoms with Gasteiger partial charge in [0.15, 0.2) is 0 Å². The van der Waals surface area contributed by atoms with Gasteiger partial charge >= 0.3 is 0 Å². The highest BCUT2D eigenvalue weighted by atomic mass is 35.5. The molecule has 0 atom stereocenters. The van der Waals surface area contributed by atoms with Gasteiger partial charge in [0.2, 0.25) is 5.91 Å². The predicted octanol–water partition coefficient (Wildman–Crippen LogP) is 0.0503. The van der Waals surface area contributed by atoms with Gasteiger partial charge in [-0.2, -0.15) is 0 Å². The van der Waals surface area contributed by atoms with Crippen LogP contribution in [0.25, 0.3) is 0 Å². The number of carbonyl (C=O) groups excluding carboxylic acids is 1. The lowest BCUT2D eigenvalue weighted by Crippen LogP contribution is -2.24. The van der Waals surface area contributed by atoms with Crippen molar-refractivity contribution < 1.29 is 9.90 Å². The molecule has 0 saturated carbocycles. The lowest BCUT2D eigenvalue weighted by Gasteiger charge is -1.96. The summed E-state index contributed by atoms with van der Waals surface area (Å²) in [6.07, 6.45) is 0. The molecule has 0 aliphatic heterocycles. The summed E-state index contributed by atoms with van der Waals surface area (Å²) in [5, 5.41) is 10.3. The number of carbonyl (C=O) groups is 1. The number of rotatable bonds is 2. The largest absolute Gasteiger partial charge is 0.376 e. The maximum Gasteiger partial charge on any atom is 0.248 e. The molecule has 54 valence electrons. The van der Waals surface area contributed by atoms with Crippen LogP contribution in [-0.4, -0.2) is 17.7 Å². The number of amides is 1. The van der Waals surface area contributed by atoms with Crippen molar-refractivity contribution in [2.24, 2.45) is 0 Å². The Kier molecular flexibility index (Phi) is 7.01. The Balaban J connectivity index is 0. The van der Waals surface area contributed by atoms with Gasteiger partial charge in [-0.25, -0.2) is 0 Å². The summed E-state index contributed by atoms with van der Waals surface area (Å²) in [6.45, 7) is 4.60. The molecule has 9 heavy (non-hydrogen) atoms. The van der Waals surface area contributed by atoms with Crippen molar-refractivity contribution in [2.75, 3.05) is 6.73 Å². The number of aliphatic hydroxyl groups excluding tert-OH is 1. The number of nitrogens with one attached hydrogen (secondary N) is 1. The van der Waals surface area contributed by atoms with E-state index in [0.29, 0.717) is 5.57 Å². The molecular formula is C5H10ClNO2. The van der Waals surface area contributed by atoms with Crippen LogP contribution in [0.1, 0.15) is 6.92 Å². The third kappa shape index (κ3) is 5.33.